The number of hydrogen-bond donors (Lipinski definition) is 2. The Morgan fingerprint density at radius 2 is 1.60 bits per heavy atom. The molecule has 0 aliphatic heterocycles. The quantitative estimate of drug-likeness (QED) is 0.231. The van der Waals surface area contributed by atoms with Crippen LogP contribution in [0.1, 0.15) is 47.1 Å². The number of ether oxygens (including phenoxy) is 3. The molecule has 1 amide bonds. The molecule has 0 aromatic heterocycles. The number of amidine groups is 1. The van der Waals surface area contributed by atoms with Gasteiger partial charge in [0.2, 0.25) is 0 Å². The smallest absolute Gasteiger partial charge is 0.408 e. The van der Waals surface area contributed by atoms with Gasteiger partial charge in [0.1, 0.15) is 29.7 Å². The molecule has 200 valence electrons. The lowest BCUT2D eigenvalue weighted by molar-refractivity contribution is -0.156. The maximum absolute atomic E-state index is 12.6. The first-order chi connectivity index (χ1) is 15.6. The van der Waals surface area contributed by atoms with Gasteiger partial charge >= 0.3 is 12.1 Å². The number of benzene rings is 1. The van der Waals surface area contributed by atoms with Crippen molar-refractivity contribution in [2.45, 2.75) is 65.4 Å². The second-order valence-electron chi connectivity index (χ2n) is 9.70. The molecule has 1 rings (SSSR count). The monoisotopic (exact) mass is 579 g/mol. The van der Waals surface area contributed by atoms with E-state index in [-0.39, 0.29) is 41.7 Å². The molecule has 0 aliphatic carbocycles. The van der Waals surface area contributed by atoms with Crippen LogP contribution in [0.3, 0.4) is 0 Å². The standard InChI is InChI=1S/C23H37N3O7S.BrH/c1-22(2,3)32-20(27)18(26-21(28)33-23(4,5)6)16-34(29,30)13-12-25-19(24)15-31-14-17-10-8-7-9-11-17;/h7-11,18H,12-16H2,1-6H3,(H2,24,25)(H,26,28);1H/t18-;/m0./s1. The van der Waals surface area contributed by atoms with Crippen LogP contribution in [0.25, 0.3) is 0 Å². The SMILES string of the molecule is Br.CC(C)(C)OC(=O)N[C@@H](CS(=O)(=O)CCN=C(N)COCc1ccccc1)C(=O)OC(C)(C)C. The van der Waals surface area contributed by atoms with Crippen molar-refractivity contribution in [3.63, 3.8) is 0 Å². The summed E-state index contributed by atoms with van der Waals surface area (Å²) in [5.74, 6) is -1.76. The molecule has 0 bridgehead atoms. The average molecular weight is 581 g/mol. The topological polar surface area (TPSA) is 146 Å². The lowest BCUT2D eigenvalue weighted by atomic mass is 10.2. The van der Waals surface area contributed by atoms with Crippen molar-refractivity contribution in [1.29, 1.82) is 0 Å². The van der Waals surface area contributed by atoms with Crippen LogP contribution in [0.15, 0.2) is 35.3 Å². The normalized spacial score (nSPS) is 13.4. The van der Waals surface area contributed by atoms with E-state index in [2.05, 4.69) is 10.3 Å². The zero-order valence-corrected chi connectivity index (χ0v) is 23.7. The molecular weight excluding hydrogens is 542 g/mol. The van der Waals surface area contributed by atoms with Gasteiger partial charge in [-0.15, -0.1) is 17.0 Å². The Morgan fingerprint density at radius 3 is 2.14 bits per heavy atom. The van der Waals surface area contributed by atoms with E-state index in [1.165, 1.54) is 0 Å². The van der Waals surface area contributed by atoms with E-state index in [9.17, 15) is 18.0 Å². The summed E-state index contributed by atoms with van der Waals surface area (Å²) in [6, 6.07) is 8.07. The highest BCUT2D eigenvalue weighted by molar-refractivity contribution is 8.93. The third-order valence-corrected chi connectivity index (χ3v) is 5.53. The van der Waals surface area contributed by atoms with E-state index < -0.39 is 44.9 Å². The van der Waals surface area contributed by atoms with Gasteiger partial charge in [0.05, 0.1) is 24.7 Å². The van der Waals surface area contributed by atoms with Crippen molar-refractivity contribution in [2.75, 3.05) is 24.7 Å². The molecule has 0 saturated heterocycles. The van der Waals surface area contributed by atoms with Crippen molar-refractivity contribution in [3.8, 4) is 0 Å². The lowest BCUT2D eigenvalue weighted by Gasteiger charge is -2.26. The van der Waals surface area contributed by atoms with Gasteiger partial charge in [-0.25, -0.2) is 18.0 Å². The number of esters is 1. The highest BCUT2D eigenvalue weighted by atomic mass is 79.9. The minimum Gasteiger partial charge on any atom is -0.458 e. The van der Waals surface area contributed by atoms with Gasteiger partial charge in [0.25, 0.3) is 0 Å². The Balaban J connectivity index is 0.0000116. The molecule has 10 nitrogen and oxygen atoms in total. The summed E-state index contributed by atoms with van der Waals surface area (Å²) in [4.78, 5) is 28.7. The maximum atomic E-state index is 12.6. The molecule has 0 spiro atoms. The van der Waals surface area contributed by atoms with Gasteiger partial charge in [0.15, 0.2) is 9.84 Å². The number of nitrogens with two attached hydrogens (primary N) is 1. The number of nitrogens with zero attached hydrogens (tertiary/aromatic N) is 1. The minimum absolute atomic E-state index is 0. The molecular formula is C23H38BrN3O7S. The third-order valence-electron chi connectivity index (χ3n) is 3.88. The number of hydrogen-bond acceptors (Lipinski definition) is 8. The predicted octanol–water partition coefficient (Wildman–Crippen LogP) is 2.79. The molecule has 3 N–H and O–H groups in total. The maximum Gasteiger partial charge on any atom is 0.408 e. The van der Waals surface area contributed by atoms with Crippen LogP contribution in [0, 0.1) is 0 Å². The van der Waals surface area contributed by atoms with E-state index in [1.54, 1.807) is 41.5 Å². The summed E-state index contributed by atoms with van der Waals surface area (Å²) < 4.78 is 41.1. The summed E-state index contributed by atoms with van der Waals surface area (Å²) in [5, 5.41) is 2.30. The Morgan fingerprint density at radius 1 is 1.03 bits per heavy atom. The van der Waals surface area contributed by atoms with Crippen molar-refractivity contribution in [2.24, 2.45) is 10.7 Å². The average Bonchev–Trinajstić information content (AvgIpc) is 2.65. The van der Waals surface area contributed by atoms with E-state index >= 15 is 0 Å². The zero-order chi connectivity index (χ0) is 26.0. The van der Waals surface area contributed by atoms with Gasteiger partial charge < -0.3 is 25.3 Å². The summed E-state index contributed by atoms with van der Waals surface area (Å²) in [6.45, 7) is 10.2. The minimum atomic E-state index is -3.80. The summed E-state index contributed by atoms with van der Waals surface area (Å²) >= 11 is 0. The Labute approximate surface area is 218 Å². The van der Waals surface area contributed by atoms with Crippen molar-refractivity contribution < 1.29 is 32.2 Å². The van der Waals surface area contributed by atoms with Crippen molar-refractivity contribution in [1.82, 2.24) is 5.32 Å². The number of carbonyl (C=O) groups is 2. The second kappa shape index (κ2) is 14.4. The molecule has 1 aromatic carbocycles. The third kappa shape index (κ3) is 16.2. The molecule has 0 heterocycles. The van der Waals surface area contributed by atoms with Crippen LogP contribution in [-0.4, -0.2) is 68.2 Å². The largest absolute Gasteiger partial charge is 0.458 e. The van der Waals surface area contributed by atoms with Gasteiger partial charge in [-0.3, -0.25) is 4.99 Å². The van der Waals surface area contributed by atoms with Crippen molar-refractivity contribution >= 4 is 44.7 Å². The van der Waals surface area contributed by atoms with Gasteiger partial charge in [-0.05, 0) is 47.1 Å². The van der Waals surface area contributed by atoms with Crippen molar-refractivity contribution in [3.05, 3.63) is 35.9 Å². The number of halogens is 1. The van der Waals surface area contributed by atoms with Crippen LogP contribution >= 0.6 is 17.0 Å². The van der Waals surface area contributed by atoms with Gasteiger partial charge in [0, 0.05) is 0 Å². The van der Waals surface area contributed by atoms with Crippen LogP contribution in [0.2, 0.25) is 0 Å². The Kier molecular flexibility index (Phi) is 13.5. The first-order valence-corrected chi connectivity index (χ1v) is 12.7. The summed E-state index contributed by atoms with van der Waals surface area (Å²) in [5.41, 5.74) is 5.08. The number of aliphatic imine (C=N–C) groups is 1. The number of rotatable bonds is 11. The highest BCUT2D eigenvalue weighted by Gasteiger charge is 2.32. The fourth-order valence-corrected chi connectivity index (χ4v) is 3.81. The van der Waals surface area contributed by atoms with E-state index in [0.29, 0.717) is 6.61 Å². The molecule has 0 aliphatic rings. The van der Waals surface area contributed by atoms with Crippen LogP contribution in [0.5, 0.6) is 0 Å². The van der Waals surface area contributed by atoms with Crippen LogP contribution < -0.4 is 11.1 Å². The fourth-order valence-electron chi connectivity index (χ4n) is 2.55. The highest BCUT2D eigenvalue weighted by Crippen LogP contribution is 2.12. The molecule has 0 saturated carbocycles. The Hall–Kier alpha value is -2.18. The molecule has 35 heavy (non-hydrogen) atoms. The Bertz CT molecular complexity index is 940. The number of amides is 1. The zero-order valence-electron chi connectivity index (χ0n) is 21.2. The molecule has 1 aromatic rings. The summed E-state index contributed by atoms with van der Waals surface area (Å²) in [6.07, 6.45) is -0.920. The fraction of sp³-hybridized carbons (Fsp3) is 0.609. The number of nitrogens with one attached hydrogen (secondary N) is 1. The van der Waals surface area contributed by atoms with E-state index in [4.69, 9.17) is 19.9 Å². The lowest BCUT2D eigenvalue weighted by Crippen LogP contribution is -2.49. The number of alkyl carbamates (subject to hydrolysis) is 1. The van der Waals surface area contributed by atoms with E-state index in [0.717, 1.165) is 5.56 Å². The van der Waals surface area contributed by atoms with E-state index in [1.807, 2.05) is 30.3 Å². The number of sulfone groups is 1. The van der Waals surface area contributed by atoms with Crippen LogP contribution in [0.4, 0.5) is 4.79 Å². The molecule has 0 fully saturated rings. The predicted molar refractivity (Wildman–Crippen MR) is 141 cm³/mol. The number of carbonyl (C=O) groups excluding carboxylic acids is 2. The van der Waals surface area contributed by atoms with Gasteiger partial charge in [-0.1, -0.05) is 30.3 Å². The first-order valence-electron chi connectivity index (χ1n) is 10.9. The van der Waals surface area contributed by atoms with Crippen LogP contribution in [-0.2, 0) is 35.4 Å². The first kappa shape index (κ1) is 32.8. The second-order valence-corrected chi connectivity index (χ2v) is 11.9. The molecule has 1 atom stereocenters. The molecule has 12 heteroatoms. The molecule has 0 unspecified atom stereocenters. The van der Waals surface area contributed by atoms with Gasteiger partial charge in [-0.2, -0.15) is 0 Å². The molecule has 0 radical (unpaired) electrons. The summed E-state index contributed by atoms with van der Waals surface area (Å²) in [7, 11) is -3.80.